The fraction of sp³-hybridized carbons (Fsp3) is 0.438. The summed E-state index contributed by atoms with van der Waals surface area (Å²) in [6.07, 6.45) is 1.54. The Balaban J connectivity index is 1.75. The highest BCUT2D eigenvalue weighted by Gasteiger charge is 2.32. The lowest BCUT2D eigenvalue weighted by molar-refractivity contribution is 0.0512. The normalized spacial score (nSPS) is 22.1. The van der Waals surface area contributed by atoms with E-state index in [1.807, 2.05) is 38.2 Å². The van der Waals surface area contributed by atoms with Crippen molar-refractivity contribution >= 4 is 16.9 Å². The maximum Gasteiger partial charge on any atom is 0.271 e. The maximum absolute atomic E-state index is 12.4. The van der Waals surface area contributed by atoms with Crippen LogP contribution in [0.15, 0.2) is 30.5 Å². The number of nitrogens with one attached hydrogen (secondary N) is 1. The van der Waals surface area contributed by atoms with E-state index in [9.17, 15) is 4.79 Å². The number of ether oxygens (including phenoxy) is 1. The van der Waals surface area contributed by atoms with Gasteiger partial charge in [-0.25, -0.2) is 4.98 Å². The second-order valence-electron chi connectivity index (χ2n) is 5.54. The number of carbonyl (C=O) groups is 1. The van der Waals surface area contributed by atoms with Crippen LogP contribution in [-0.4, -0.2) is 59.7 Å². The number of hydrogen-bond acceptors (Lipinski definition) is 5. The lowest BCUT2D eigenvalue weighted by Crippen LogP contribution is -2.44. The summed E-state index contributed by atoms with van der Waals surface area (Å²) in [6, 6.07) is 7.49. The van der Waals surface area contributed by atoms with Gasteiger partial charge in [0, 0.05) is 19.7 Å². The summed E-state index contributed by atoms with van der Waals surface area (Å²) >= 11 is 0. The molecule has 0 saturated carbocycles. The van der Waals surface area contributed by atoms with Crippen molar-refractivity contribution in [3.63, 3.8) is 0 Å². The van der Waals surface area contributed by atoms with E-state index in [2.05, 4.69) is 20.2 Å². The minimum absolute atomic E-state index is 0.0207. The average molecular weight is 300 g/mol. The number of likely N-dealkylation sites (N-methyl/N-ethyl adjacent to an activating group) is 1. The van der Waals surface area contributed by atoms with Gasteiger partial charge in [-0.05, 0) is 26.1 Å². The topological polar surface area (TPSA) is 67.3 Å². The number of rotatable bonds is 4. The van der Waals surface area contributed by atoms with Crippen LogP contribution in [0.2, 0.25) is 0 Å². The van der Waals surface area contributed by atoms with E-state index in [1.54, 1.807) is 0 Å². The summed E-state index contributed by atoms with van der Waals surface area (Å²) in [7, 11) is 2.02. The molecule has 0 bridgehead atoms. The summed E-state index contributed by atoms with van der Waals surface area (Å²) in [6.45, 7) is 4.20. The first-order valence-corrected chi connectivity index (χ1v) is 7.50. The predicted molar refractivity (Wildman–Crippen MR) is 83.7 cm³/mol. The van der Waals surface area contributed by atoms with Gasteiger partial charge in [-0.3, -0.25) is 9.78 Å². The molecular weight excluding hydrogens is 280 g/mol. The number of para-hydroxylation sites is 2. The standard InChI is InChI=1S/C16H20N4O2/c1-3-22-15-10-20(2)9-14(15)19-16(21)13-8-17-11-6-4-5-7-12(11)18-13/h4-8,14-15H,3,9-10H2,1-2H3,(H,19,21)/t14-,15-/m1/s1. The van der Waals surface area contributed by atoms with E-state index < -0.39 is 0 Å². The van der Waals surface area contributed by atoms with Crippen molar-refractivity contribution in [1.82, 2.24) is 20.2 Å². The highest BCUT2D eigenvalue weighted by molar-refractivity contribution is 5.94. The van der Waals surface area contributed by atoms with E-state index in [4.69, 9.17) is 4.74 Å². The fourth-order valence-corrected chi connectivity index (χ4v) is 2.79. The molecule has 1 N–H and O–H groups in total. The van der Waals surface area contributed by atoms with Crippen LogP contribution in [0.3, 0.4) is 0 Å². The number of amides is 1. The molecule has 22 heavy (non-hydrogen) atoms. The van der Waals surface area contributed by atoms with Crippen LogP contribution in [0.4, 0.5) is 0 Å². The first kappa shape index (κ1) is 14.9. The van der Waals surface area contributed by atoms with Gasteiger partial charge >= 0.3 is 0 Å². The largest absolute Gasteiger partial charge is 0.375 e. The molecule has 1 aliphatic rings. The van der Waals surface area contributed by atoms with E-state index in [-0.39, 0.29) is 18.1 Å². The van der Waals surface area contributed by atoms with Gasteiger partial charge < -0.3 is 15.0 Å². The lowest BCUT2D eigenvalue weighted by atomic mass is 10.2. The molecule has 0 radical (unpaired) electrons. The van der Waals surface area contributed by atoms with E-state index in [1.165, 1.54) is 6.20 Å². The van der Waals surface area contributed by atoms with Gasteiger partial charge in [0.1, 0.15) is 5.69 Å². The third kappa shape index (κ3) is 3.08. The number of carbonyl (C=O) groups excluding carboxylic acids is 1. The molecule has 2 heterocycles. The molecule has 1 aromatic carbocycles. The zero-order valence-corrected chi connectivity index (χ0v) is 12.8. The van der Waals surface area contributed by atoms with Crippen LogP contribution in [0.5, 0.6) is 0 Å². The monoisotopic (exact) mass is 300 g/mol. The van der Waals surface area contributed by atoms with Crippen molar-refractivity contribution in [3.8, 4) is 0 Å². The van der Waals surface area contributed by atoms with Gasteiger partial charge in [-0.15, -0.1) is 0 Å². The van der Waals surface area contributed by atoms with Gasteiger partial charge in [-0.1, -0.05) is 12.1 Å². The Morgan fingerprint density at radius 3 is 2.91 bits per heavy atom. The second-order valence-corrected chi connectivity index (χ2v) is 5.54. The molecule has 3 rings (SSSR count). The van der Waals surface area contributed by atoms with Crippen molar-refractivity contribution in [2.24, 2.45) is 0 Å². The molecule has 2 aromatic rings. The predicted octanol–water partition coefficient (Wildman–Crippen LogP) is 1.08. The summed E-state index contributed by atoms with van der Waals surface area (Å²) in [5.41, 5.74) is 1.84. The SMILES string of the molecule is CCO[C@@H]1CN(C)C[C@H]1NC(=O)c1cnc2ccccc2n1. The van der Waals surface area contributed by atoms with Crippen molar-refractivity contribution in [2.75, 3.05) is 26.7 Å². The smallest absolute Gasteiger partial charge is 0.271 e. The number of hydrogen-bond donors (Lipinski definition) is 1. The van der Waals surface area contributed by atoms with Gasteiger partial charge in [-0.2, -0.15) is 0 Å². The van der Waals surface area contributed by atoms with E-state index >= 15 is 0 Å². The van der Waals surface area contributed by atoms with E-state index in [0.717, 1.165) is 24.1 Å². The molecule has 1 aromatic heterocycles. The minimum atomic E-state index is -0.205. The van der Waals surface area contributed by atoms with E-state index in [0.29, 0.717) is 12.3 Å². The molecule has 6 heteroatoms. The molecule has 1 aliphatic heterocycles. The molecule has 0 spiro atoms. The molecule has 1 fully saturated rings. The first-order chi connectivity index (χ1) is 10.7. The van der Waals surface area contributed by atoms with Crippen LogP contribution >= 0.6 is 0 Å². The first-order valence-electron chi connectivity index (χ1n) is 7.50. The van der Waals surface area contributed by atoms with Crippen molar-refractivity contribution in [3.05, 3.63) is 36.2 Å². The number of aromatic nitrogens is 2. The fourth-order valence-electron chi connectivity index (χ4n) is 2.79. The second kappa shape index (κ2) is 6.37. The number of benzene rings is 1. The third-order valence-electron chi connectivity index (χ3n) is 3.83. The van der Waals surface area contributed by atoms with Crippen molar-refractivity contribution < 1.29 is 9.53 Å². The molecule has 2 atom stereocenters. The quantitative estimate of drug-likeness (QED) is 0.915. The number of nitrogens with zero attached hydrogens (tertiary/aromatic N) is 3. The van der Waals surface area contributed by atoms with Crippen LogP contribution < -0.4 is 5.32 Å². The molecule has 6 nitrogen and oxygen atoms in total. The van der Waals surface area contributed by atoms with Crippen LogP contribution in [0, 0.1) is 0 Å². The van der Waals surface area contributed by atoms with Crippen molar-refractivity contribution in [2.45, 2.75) is 19.1 Å². The highest BCUT2D eigenvalue weighted by atomic mass is 16.5. The van der Waals surface area contributed by atoms with Crippen LogP contribution in [0.1, 0.15) is 17.4 Å². The average Bonchev–Trinajstić information content (AvgIpc) is 2.86. The summed E-state index contributed by atoms with van der Waals surface area (Å²) in [5, 5.41) is 3.02. The molecule has 1 saturated heterocycles. The van der Waals surface area contributed by atoms with Crippen molar-refractivity contribution in [1.29, 1.82) is 0 Å². The van der Waals surface area contributed by atoms with Crippen LogP contribution in [0.25, 0.3) is 11.0 Å². The Bertz CT molecular complexity index is 676. The Morgan fingerprint density at radius 2 is 2.14 bits per heavy atom. The Labute approximate surface area is 129 Å². The lowest BCUT2D eigenvalue weighted by Gasteiger charge is -2.19. The Morgan fingerprint density at radius 1 is 1.36 bits per heavy atom. The van der Waals surface area contributed by atoms with Gasteiger partial charge in [0.15, 0.2) is 0 Å². The Hall–Kier alpha value is -2.05. The third-order valence-corrected chi connectivity index (χ3v) is 3.83. The Kier molecular flexibility index (Phi) is 4.31. The maximum atomic E-state index is 12.4. The molecular formula is C16H20N4O2. The molecule has 0 unspecified atom stereocenters. The van der Waals surface area contributed by atoms with Gasteiger partial charge in [0.25, 0.3) is 5.91 Å². The summed E-state index contributed by atoms with van der Waals surface area (Å²) in [4.78, 5) is 23.2. The number of fused-ring (bicyclic) bond motifs is 1. The highest BCUT2D eigenvalue weighted by Crippen LogP contribution is 2.13. The summed E-state index contributed by atoms with van der Waals surface area (Å²) < 4.78 is 5.70. The van der Waals surface area contributed by atoms with Crippen LogP contribution in [-0.2, 0) is 4.74 Å². The molecule has 116 valence electrons. The molecule has 1 amide bonds. The zero-order valence-electron chi connectivity index (χ0n) is 12.8. The number of likely N-dealkylation sites (tertiary alicyclic amines) is 1. The van der Waals surface area contributed by atoms with Gasteiger partial charge in [0.05, 0.1) is 29.4 Å². The zero-order chi connectivity index (χ0) is 15.5. The molecule has 0 aliphatic carbocycles. The van der Waals surface area contributed by atoms with Gasteiger partial charge in [0.2, 0.25) is 0 Å². The summed E-state index contributed by atoms with van der Waals surface area (Å²) in [5.74, 6) is -0.205. The minimum Gasteiger partial charge on any atom is -0.375 e.